The third-order valence-corrected chi connectivity index (χ3v) is 3.60. The number of benzene rings is 1. The summed E-state index contributed by atoms with van der Waals surface area (Å²) in [6.45, 7) is 0.665. The van der Waals surface area contributed by atoms with E-state index in [0.717, 1.165) is 5.69 Å². The number of ether oxygens (including phenoxy) is 1. The Kier molecular flexibility index (Phi) is 7.09. The number of halogens is 2. The van der Waals surface area contributed by atoms with E-state index in [4.69, 9.17) is 22.1 Å². The van der Waals surface area contributed by atoms with Crippen LogP contribution < -0.4 is 16.0 Å². The number of carbonyl (C=O) groups excluding carboxylic acids is 2. The van der Waals surface area contributed by atoms with Crippen molar-refractivity contribution in [3.05, 3.63) is 29.3 Å². The molecule has 1 heterocycles. The van der Waals surface area contributed by atoms with E-state index in [1.54, 1.807) is 29.2 Å². The number of nitrogens with one attached hydrogen (secondary N) is 1. The van der Waals surface area contributed by atoms with Crippen molar-refractivity contribution in [2.75, 3.05) is 25.2 Å². The first-order valence-electron chi connectivity index (χ1n) is 6.64. The molecule has 2 unspecified atom stereocenters. The van der Waals surface area contributed by atoms with Gasteiger partial charge in [-0.05, 0) is 30.7 Å². The van der Waals surface area contributed by atoms with Crippen LogP contribution >= 0.6 is 24.0 Å². The van der Waals surface area contributed by atoms with E-state index in [1.807, 2.05) is 0 Å². The maximum absolute atomic E-state index is 12.3. The summed E-state index contributed by atoms with van der Waals surface area (Å²) in [4.78, 5) is 25.8. The van der Waals surface area contributed by atoms with Crippen LogP contribution in [0.3, 0.4) is 0 Å². The second-order valence-electron chi connectivity index (χ2n) is 4.88. The largest absolute Gasteiger partial charge is 0.383 e. The van der Waals surface area contributed by atoms with E-state index in [0.29, 0.717) is 18.0 Å². The Balaban J connectivity index is 0.00000242. The maximum atomic E-state index is 12.3. The second kappa shape index (κ2) is 8.33. The fourth-order valence-electron chi connectivity index (χ4n) is 2.23. The van der Waals surface area contributed by atoms with E-state index in [-0.39, 0.29) is 30.8 Å². The van der Waals surface area contributed by atoms with Gasteiger partial charge in [0, 0.05) is 24.4 Å². The highest BCUT2D eigenvalue weighted by molar-refractivity contribution is 6.30. The lowest BCUT2D eigenvalue weighted by atomic mass is 10.2. The summed E-state index contributed by atoms with van der Waals surface area (Å²) in [6.07, 6.45) is 0.549. The number of amides is 2. The van der Waals surface area contributed by atoms with Crippen LogP contribution in [-0.4, -0.2) is 44.2 Å². The lowest BCUT2D eigenvalue weighted by Crippen LogP contribution is -2.49. The predicted molar refractivity (Wildman–Crippen MR) is 87.5 cm³/mol. The van der Waals surface area contributed by atoms with Gasteiger partial charge in [-0.1, -0.05) is 11.6 Å². The molecule has 0 aliphatic carbocycles. The SMILES string of the molecule is COCC(N)C(=O)NC1CCN(c2ccc(Cl)cc2)C1=O.Cl. The minimum Gasteiger partial charge on any atom is -0.383 e. The molecule has 122 valence electrons. The number of rotatable bonds is 5. The van der Waals surface area contributed by atoms with Gasteiger partial charge in [0.15, 0.2) is 0 Å². The smallest absolute Gasteiger partial charge is 0.249 e. The molecular formula is C14H19Cl2N3O3. The Morgan fingerprint density at radius 1 is 1.50 bits per heavy atom. The molecule has 2 amide bonds. The monoisotopic (exact) mass is 347 g/mol. The van der Waals surface area contributed by atoms with Gasteiger partial charge in [0.2, 0.25) is 11.8 Å². The highest BCUT2D eigenvalue weighted by Gasteiger charge is 2.34. The summed E-state index contributed by atoms with van der Waals surface area (Å²) < 4.78 is 4.82. The van der Waals surface area contributed by atoms with Crippen molar-refractivity contribution in [2.24, 2.45) is 5.73 Å². The van der Waals surface area contributed by atoms with Crippen molar-refractivity contribution in [3.63, 3.8) is 0 Å². The van der Waals surface area contributed by atoms with E-state index in [2.05, 4.69) is 5.32 Å². The highest BCUT2D eigenvalue weighted by atomic mass is 35.5. The molecule has 1 saturated heterocycles. The standard InChI is InChI=1S/C14H18ClN3O3.ClH/c1-21-8-11(16)13(19)17-12-6-7-18(14(12)20)10-4-2-9(15)3-5-10;/h2-5,11-12H,6-8,16H2,1H3,(H,17,19);1H. The molecule has 1 aromatic rings. The van der Waals surface area contributed by atoms with E-state index in [1.165, 1.54) is 7.11 Å². The van der Waals surface area contributed by atoms with Gasteiger partial charge in [0.05, 0.1) is 6.61 Å². The summed E-state index contributed by atoms with van der Waals surface area (Å²) >= 11 is 5.83. The van der Waals surface area contributed by atoms with Crippen molar-refractivity contribution in [1.29, 1.82) is 0 Å². The third kappa shape index (κ3) is 4.33. The zero-order valence-electron chi connectivity index (χ0n) is 12.1. The number of carbonyl (C=O) groups is 2. The quantitative estimate of drug-likeness (QED) is 0.830. The molecule has 0 radical (unpaired) electrons. The molecule has 2 atom stereocenters. The maximum Gasteiger partial charge on any atom is 0.249 e. The normalized spacial score (nSPS) is 18.8. The molecule has 1 aromatic carbocycles. The predicted octanol–water partition coefficient (Wildman–Crippen LogP) is 0.957. The van der Waals surface area contributed by atoms with Gasteiger partial charge in [0.1, 0.15) is 12.1 Å². The van der Waals surface area contributed by atoms with Crippen molar-refractivity contribution >= 4 is 41.5 Å². The first-order valence-corrected chi connectivity index (χ1v) is 7.02. The van der Waals surface area contributed by atoms with Crippen LogP contribution in [-0.2, 0) is 14.3 Å². The summed E-state index contributed by atoms with van der Waals surface area (Å²) in [5.74, 6) is -0.525. The minimum atomic E-state index is -0.771. The van der Waals surface area contributed by atoms with Crippen molar-refractivity contribution in [3.8, 4) is 0 Å². The van der Waals surface area contributed by atoms with Gasteiger partial charge in [0.25, 0.3) is 0 Å². The number of nitrogens with zero attached hydrogens (tertiary/aromatic N) is 1. The van der Waals surface area contributed by atoms with Gasteiger partial charge in [-0.15, -0.1) is 12.4 Å². The first-order chi connectivity index (χ1) is 10.0. The van der Waals surface area contributed by atoms with Crippen molar-refractivity contribution in [1.82, 2.24) is 5.32 Å². The molecule has 0 spiro atoms. The summed E-state index contributed by atoms with van der Waals surface area (Å²) in [7, 11) is 1.47. The lowest BCUT2D eigenvalue weighted by molar-refractivity contribution is -0.128. The Morgan fingerprint density at radius 2 is 2.14 bits per heavy atom. The zero-order valence-corrected chi connectivity index (χ0v) is 13.7. The first kappa shape index (κ1) is 18.7. The zero-order chi connectivity index (χ0) is 15.4. The molecule has 8 heteroatoms. The van der Waals surface area contributed by atoms with Gasteiger partial charge in [-0.25, -0.2) is 0 Å². The second-order valence-corrected chi connectivity index (χ2v) is 5.31. The third-order valence-electron chi connectivity index (χ3n) is 3.34. The van der Waals surface area contributed by atoms with Crippen molar-refractivity contribution < 1.29 is 14.3 Å². The number of anilines is 1. The Bertz CT molecular complexity index is 525. The number of hydrogen-bond donors (Lipinski definition) is 2. The molecule has 0 aromatic heterocycles. The lowest BCUT2D eigenvalue weighted by Gasteiger charge is -2.18. The molecule has 0 bridgehead atoms. The minimum absolute atomic E-state index is 0. The molecule has 1 aliphatic heterocycles. The molecule has 3 N–H and O–H groups in total. The summed E-state index contributed by atoms with van der Waals surface area (Å²) in [5, 5.41) is 3.27. The number of methoxy groups -OCH3 is 1. The number of hydrogen-bond acceptors (Lipinski definition) is 4. The molecular weight excluding hydrogens is 329 g/mol. The fraction of sp³-hybridized carbons (Fsp3) is 0.429. The van der Waals surface area contributed by atoms with Crippen LogP contribution in [0, 0.1) is 0 Å². The van der Waals surface area contributed by atoms with Crippen LogP contribution in [0.15, 0.2) is 24.3 Å². The van der Waals surface area contributed by atoms with Crippen molar-refractivity contribution in [2.45, 2.75) is 18.5 Å². The van der Waals surface area contributed by atoms with E-state index < -0.39 is 12.1 Å². The van der Waals surface area contributed by atoms with Crippen LogP contribution in [0.1, 0.15) is 6.42 Å². The van der Waals surface area contributed by atoms with Crippen LogP contribution in [0.4, 0.5) is 5.69 Å². The molecule has 1 aliphatic rings. The van der Waals surface area contributed by atoms with Crippen LogP contribution in [0.2, 0.25) is 5.02 Å². The van der Waals surface area contributed by atoms with Gasteiger partial charge >= 0.3 is 0 Å². The average molecular weight is 348 g/mol. The molecule has 1 fully saturated rings. The summed E-state index contributed by atoms with van der Waals surface area (Å²) in [5.41, 5.74) is 6.40. The average Bonchev–Trinajstić information content (AvgIpc) is 2.81. The van der Waals surface area contributed by atoms with Crippen LogP contribution in [0.25, 0.3) is 0 Å². The molecule has 2 rings (SSSR count). The highest BCUT2D eigenvalue weighted by Crippen LogP contribution is 2.23. The topological polar surface area (TPSA) is 84.7 Å². The van der Waals surface area contributed by atoms with Crippen LogP contribution in [0.5, 0.6) is 0 Å². The Morgan fingerprint density at radius 3 is 2.73 bits per heavy atom. The van der Waals surface area contributed by atoms with E-state index >= 15 is 0 Å². The van der Waals surface area contributed by atoms with Gasteiger partial charge in [-0.3, -0.25) is 9.59 Å². The fourth-order valence-corrected chi connectivity index (χ4v) is 2.35. The Labute approximate surface area is 140 Å². The molecule has 6 nitrogen and oxygen atoms in total. The molecule has 0 saturated carbocycles. The Hall–Kier alpha value is -1.34. The molecule has 22 heavy (non-hydrogen) atoms. The number of nitrogens with two attached hydrogens (primary N) is 1. The van der Waals surface area contributed by atoms with Gasteiger partial charge < -0.3 is 20.7 Å². The summed E-state index contributed by atoms with van der Waals surface area (Å²) in [6, 6.07) is 5.70. The van der Waals surface area contributed by atoms with E-state index in [9.17, 15) is 9.59 Å². The van der Waals surface area contributed by atoms with Gasteiger partial charge in [-0.2, -0.15) is 0 Å².